The monoisotopic (exact) mass is 158 g/mol. The predicted octanol–water partition coefficient (Wildman–Crippen LogP) is 0.580. The van der Waals surface area contributed by atoms with Gasteiger partial charge in [0, 0.05) is 11.6 Å². The minimum Gasteiger partial charge on any atom is -0.478 e. The molecule has 0 aliphatic rings. The first-order valence-electron chi connectivity index (χ1n) is 3.13. The Balaban J connectivity index is 4.39. The Labute approximate surface area is 64.5 Å². The lowest BCUT2D eigenvalue weighted by Gasteiger charge is -1.98. The lowest BCUT2D eigenvalue weighted by molar-refractivity contribution is -0.137. The molecule has 0 aliphatic heterocycles. The molecule has 0 unspecified atom stereocenters. The average Bonchev–Trinajstić information content (AvgIpc) is 1.98. The summed E-state index contributed by atoms with van der Waals surface area (Å²) in [6.45, 7) is 1.69. The summed E-state index contributed by atoms with van der Waals surface area (Å²) in [5.74, 6) is -1.72. The van der Waals surface area contributed by atoms with E-state index in [0.717, 1.165) is 6.08 Å². The Hall–Kier alpha value is -1.32. The molecule has 0 rings (SSSR count). The van der Waals surface area contributed by atoms with Crippen molar-refractivity contribution in [3.63, 3.8) is 0 Å². The maximum Gasteiger partial charge on any atom is 0.333 e. The fourth-order valence-electron chi connectivity index (χ4n) is 0.585. The maximum absolute atomic E-state index is 10.7. The molecule has 0 bridgehead atoms. The van der Waals surface area contributed by atoms with Gasteiger partial charge < -0.3 is 9.84 Å². The smallest absolute Gasteiger partial charge is 0.333 e. The van der Waals surface area contributed by atoms with E-state index in [1.54, 1.807) is 6.92 Å². The van der Waals surface area contributed by atoms with Crippen molar-refractivity contribution < 1.29 is 19.4 Å². The number of carbonyl (C=O) groups excluding carboxylic acids is 1. The Morgan fingerprint density at radius 1 is 1.55 bits per heavy atom. The summed E-state index contributed by atoms with van der Waals surface area (Å²) in [6.07, 6.45) is 1.21. The van der Waals surface area contributed by atoms with Crippen LogP contribution in [0.25, 0.3) is 0 Å². The molecular weight excluding hydrogens is 148 g/mol. The van der Waals surface area contributed by atoms with E-state index in [2.05, 4.69) is 4.74 Å². The third kappa shape index (κ3) is 3.40. The number of carbonyl (C=O) groups is 2. The van der Waals surface area contributed by atoms with Crippen LogP contribution in [0.3, 0.4) is 0 Å². The molecule has 0 aromatic rings. The van der Waals surface area contributed by atoms with E-state index < -0.39 is 11.9 Å². The zero-order chi connectivity index (χ0) is 8.85. The van der Waals surface area contributed by atoms with Gasteiger partial charge in [-0.25, -0.2) is 9.59 Å². The van der Waals surface area contributed by atoms with E-state index in [0.29, 0.717) is 6.42 Å². The Morgan fingerprint density at radius 3 is 2.36 bits per heavy atom. The number of hydrogen-bond acceptors (Lipinski definition) is 3. The highest BCUT2D eigenvalue weighted by Gasteiger charge is 2.07. The molecular formula is C7H10O4. The van der Waals surface area contributed by atoms with Crippen molar-refractivity contribution in [2.24, 2.45) is 0 Å². The standard InChI is InChI=1S/C7H10O4/c1-3-5(4-6(8)9)7(10)11-2/h4H,3H2,1-2H3,(H,8,9)/b5-4+. The minimum absolute atomic E-state index is 0.167. The molecule has 0 fully saturated rings. The number of carboxylic acids is 1. The number of hydrogen-bond donors (Lipinski definition) is 1. The van der Waals surface area contributed by atoms with Gasteiger partial charge in [-0.15, -0.1) is 0 Å². The molecule has 0 aromatic heterocycles. The van der Waals surface area contributed by atoms with E-state index in [-0.39, 0.29) is 5.57 Å². The van der Waals surface area contributed by atoms with E-state index in [4.69, 9.17) is 5.11 Å². The van der Waals surface area contributed by atoms with Crippen molar-refractivity contribution in [2.45, 2.75) is 13.3 Å². The number of carboxylic acid groups (broad SMARTS) is 1. The second-order valence-electron chi connectivity index (χ2n) is 1.85. The summed E-state index contributed by atoms with van der Waals surface area (Å²) >= 11 is 0. The number of esters is 1. The third-order valence-corrected chi connectivity index (χ3v) is 1.13. The zero-order valence-corrected chi connectivity index (χ0v) is 6.46. The summed E-state index contributed by atoms with van der Waals surface area (Å²) in [6, 6.07) is 0. The molecule has 0 saturated heterocycles. The maximum atomic E-state index is 10.7. The van der Waals surface area contributed by atoms with Gasteiger partial charge in [-0.2, -0.15) is 0 Å². The normalized spacial score (nSPS) is 10.9. The van der Waals surface area contributed by atoms with Crippen molar-refractivity contribution in [3.05, 3.63) is 11.6 Å². The molecule has 1 N–H and O–H groups in total. The predicted molar refractivity (Wildman–Crippen MR) is 38.0 cm³/mol. The fourth-order valence-corrected chi connectivity index (χ4v) is 0.585. The largest absolute Gasteiger partial charge is 0.478 e. The summed E-state index contributed by atoms with van der Waals surface area (Å²) in [5, 5.41) is 8.28. The molecule has 0 radical (unpaired) electrons. The van der Waals surface area contributed by atoms with E-state index in [1.165, 1.54) is 7.11 Å². The van der Waals surface area contributed by atoms with Crippen molar-refractivity contribution in [3.8, 4) is 0 Å². The molecule has 0 heterocycles. The van der Waals surface area contributed by atoms with Crippen molar-refractivity contribution >= 4 is 11.9 Å². The van der Waals surface area contributed by atoms with Gasteiger partial charge in [0.15, 0.2) is 0 Å². The van der Waals surface area contributed by atoms with Crippen molar-refractivity contribution in [1.29, 1.82) is 0 Å². The van der Waals surface area contributed by atoms with Gasteiger partial charge in [0.25, 0.3) is 0 Å². The number of rotatable bonds is 3. The number of methoxy groups -OCH3 is 1. The topological polar surface area (TPSA) is 63.6 Å². The van der Waals surface area contributed by atoms with Crippen LogP contribution in [0, 0.1) is 0 Å². The van der Waals surface area contributed by atoms with Crippen LogP contribution >= 0.6 is 0 Å². The van der Waals surface area contributed by atoms with Crippen LogP contribution in [0.15, 0.2) is 11.6 Å². The molecule has 0 aromatic carbocycles. The van der Waals surface area contributed by atoms with Gasteiger partial charge >= 0.3 is 11.9 Å². The van der Waals surface area contributed by atoms with E-state index in [9.17, 15) is 9.59 Å². The first kappa shape index (κ1) is 9.68. The molecule has 4 nitrogen and oxygen atoms in total. The first-order chi connectivity index (χ1) is 5.11. The summed E-state index contributed by atoms with van der Waals surface area (Å²) < 4.78 is 4.33. The second-order valence-corrected chi connectivity index (χ2v) is 1.85. The summed E-state index contributed by atoms with van der Waals surface area (Å²) in [7, 11) is 1.22. The Morgan fingerprint density at radius 2 is 2.09 bits per heavy atom. The van der Waals surface area contributed by atoms with Crippen LogP contribution in [0.5, 0.6) is 0 Å². The fraction of sp³-hybridized carbons (Fsp3) is 0.429. The lowest BCUT2D eigenvalue weighted by Crippen LogP contribution is -2.06. The van der Waals surface area contributed by atoms with Gasteiger partial charge in [-0.1, -0.05) is 6.92 Å². The number of aliphatic carboxylic acids is 1. The molecule has 62 valence electrons. The average molecular weight is 158 g/mol. The summed E-state index contributed by atoms with van der Waals surface area (Å²) in [5.41, 5.74) is 0.167. The quantitative estimate of drug-likeness (QED) is 0.482. The second kappa shape index (κ2) is 4.49. The number of ether oxygens (including phenoxy) is 1. The van der Waals surface area contributed by atoms with E-state index >= 15 is 0 Å². The van der Waals surface area contributed by atoms with Gasteiger partial charge in [-0.05, 0) is 6.42 Å². The highest BCUT2D eigenvalue weighted by molar-refractivity contribution is 5.95. The van der Waals surface area contributed by atoms with Crippen LogP contribution in [-0.4, -0.2) is 24.2 Å². The van der Waals surface area contributed by atoms with Gasteiger partial charge in [0.2, 0.25) is 0 Å². The summed E-state index contributed by atoms with van der Waals surface area (Å²) in [4.78, 5) is 20.8. The third-order valence-electron chi connectivity index (χ3n) is 1.13. The molecule has 4 heteroatoms. The van der Waals surface area contributed by atoms with Crippen molar-refractivity contribution in [1.82, 2.24) is 0 Å². The Bertz CT molecular complexity index is 193. The molecule has 0 amide bonds. The lowest BCUT2D eigenvalue weighted by atomic mass is 10.2. The van der Waals surface area contributed by atoms with Crippen LogP contribution < -0.4 is 0 Å². The zero-order valence-electron chi connectivity index (χ0n) is 6.46. The van der Waals surface area contributed by atoms with Crippen LogP contribution in [0.2, 0.25) is 0 Å². The highest BCUT2D eigenvalue weighted by atomic mass is 16.5. The van der Waals surface area contributed by atoms with Crippen LogP contribution in [0.4, 0.5) is 0 Å². The molecule has 0 aliphatic carbocycles. The highest BCUT2D eigenvalue weighted by Crippen LogP contribution is 2.01. The van der Waals surface area contributed by atoms with Gasteiger partial charge in [-0.3, -0.25) is 0 Å². The van der Waals surface area contributed by atoms with Crippen LogP contribution in [0.1, 0.15) is 13.3 Å². The van der Waals surface area contributed by atoms with Crippen LogP contribution in [-0.2, 0) is 14.3 Å². The van der Waals surface area contributed by atoms with Gasteiger partial charge in [0.05, 0.1) is 7.11 Å². The molecule has 0 saturated carbocycles. The van der Waals surface area contributed by atoms with E-state index in [1.807, 2.05) is 0 Å². The van der Waals surface area contributed by atoms with Crippen molar-refractivity contribution in [2.75, 3.05) is 7.11 Å². The first-order valence-corrected chi connectivity index (χ1v) is 3.13. The minimum atomic E-state index is -1.13. The molecule has 0 spiro atoms. The molecule has 0 atom stereocenters. The SMILES string of the molecule is CC/C(=C\C(=O)O)C(=O)OC. The van der Waals surface area contributed by atoms with Gasteiger partial charge in [0.1, 0.15) is 0 Å². The molecule has 11 heavy (non-hydrogen) atoms. The Kier molecular flexibility index (Phi) is 3.95.